The first-order valence-electron chi connectivity index (χ1n) is 6.65. The minimum atomic E-state index is -0.380. The highest BCUT2D eigenvalue weighted by Crippen LogP contribution is 2.27. The van der Waals surface area contributed by atoms with Crippen LogP contribution in [0.2, 0.25) is 0 Å². The highest BCUT2D eigenvalue weighted by molar-refractivity contribution is 5.48. The molecule has 0 aliphatic heterocycles. The number of benzene rings is 1. The number of anilines is 1. The number of halogens is 1. The Kier molecular flexibility index (Phi) is 3.46. The van der Waals surface area contributed by atoms with E-state index in [1.165, 1.54) is 16.8 Å². The normalized spacial score (nSPS) is 11.8. The van der Waals surface area contributed by atoms with Crippen LogP contribution in [-0.2, 0) is 12.0 Å². The van der Waals surface area contributed by atoms with Crippen molar-refractivity contribution >= 4 is 5.69 Å². The maximum atomic E-state index is 13.4. The predicted octanol–water partition coefficient (Wildman–Crippen LogP) is 2.68. The molecule has 5 heteroatoms. The second-order valence-electron chi connectivity index (χ2n) is 5.82. The number of rotatable bonds is 2. The van der Waals surface area contributed by atoms with E-state index >= 15 is 0 Å². The molecule has 0 radical (unpaired) electrons. The average molecular weight is 277 g/mol. The second kappa shape index (κ2) is 4.81. The van der Waals surface area contributed by atoms with Gasteiger partial charge in [0.05, 0.1) is 11.4 Å². The maximum Gasteiger partial charge on any atom is 0.294 e. The van der Waals surface area contributed by atoms with Gasteiger partial charge in [-0.2, -0.15) is 0 Å². The molecule has 2 aromatic rings. The molecule has 0 atom stereocenters. The highest BCUT2D eigenvalue weighted by Gasteiger charge is 2.27. The fourth-order valence-electron chi connectivity index (χ4n) is 2.52. The van der Waals surface area contributed by atoms with Crippen molar-refractivity contribution in [1.82, 2.24) is 9.36 Å². The first-order valence-corrected chi connectivity index (χ1v) is 6.65. The fourth-order valence-corrected chi connectivity index (χ4v) is 2.52. The first-order chi connectivity index (χ1) is 9.27. The molecule has 1 aromatic heterocycles. The predicted molar refractivity (Wildman–Crippen MR) is 78.8 cm³/mol. The molecule has 0 aliphatic carbocycles. The molecule has 20 heavy (non-hydrogen) atoms. The Labute approximate surface area is 117 Å². The van der Waals surface area contributed by atoms with E-state index in [1.54, 1.807) is 12.1 Å². The number of nitrogen functional groups attached to an aromatic ring is 1. The lowest BCUT2D eigenvalue weighted by atomic mass is 9.91. The molecule has 0 unspecified atom stereocenters. The zero-order chi connectivity index (χ0) is 15.1. The summed E-state index contributed by atoms with van der Waals surface area (Å²) in [5, 5.41) is 0. The van der Waals surface area contributed by atoms with Crippen LogP contribution in [0.3, 0.4) is 0 Å². The van der Waals surface area contributed by atoms with E-state index in [1.807, 2.05) is 32.4 Å². The van der Waals surface area contributed by atoms with Gasteiger partial charge in [-0.1, -0.05) is 26.8 Å². The zero-order valence-corrected chi connectivity index (χ0v) is 12.3. The number of nitrogens with two attached hydrogens (primary N) is 1. The highest BCUT2D eigenvalue weighted by atomic mass is 19.1. The summed E-state index contributed by atoms with van der Waals surface area (Å²) in [7, 11) is 0. The summed E-state index contributed by atoms with van der Waals surface area (Å²) in [4.78, 5) is 12.4. The van der Waals surface area contributed by atoms with Crippen LogP contribution in [0.1, 0.15) is 33.4 Å². The molecule has 1 aromatic carbocycles. The lowest BCUT2D eigenvalue weighted by molar-refractivity contribution is 0.469. The Balaban J connectivity index is 2.82. The monoisotopic (exact) mass is 277 g/mol. The minimum absolute atomic E-state index is 0.226. The van der Waals surface area contributed by atoms with Crippen molar-refractivity contribution in [1.29, 1.82) is 0 Å². The lowest BCUT2D eigenvalue weighted by Gasteiger charge is -2.22. The minimum Gasteiger partial charge on any atom is -0.393 e. The Morgan fingerprint density at radius 1 is 1.30 bits per heavy atom. The van der Waals surface area contributed by atoms with Crippen LogP contribution < -0.4 is 11.3 Å². The SMILES string of the molecule is CCn1c(C(C)(C)C)c(N)c(=O)n1-c1cccc(F)c1. The molecule has 0 amide bonds. The second-order valence-corrected chi connectivity index (χ2v) is 5.82. The summed E-state index contributed by atoms with van der Waals surface area (Å²) in [5.74, 6) is -0.380. The number of aromatic nitrogens is 2. The molecule has 0 fully saturated rings. The van der Waals surface area contributed by atoms with Gasteiger partial charge in [0.25, 0.3) is 5.56 Å². The smallest absolute Gasteiger partial charge is 0.294 e. The Morgan fingerprint density at radius 3 is 2.45 bits per heavy atom. The fraction of sp³-hybridized carbons (Fsp3) is 0.400. The van der Waals surface area contributed by atoms with Crippen LogP contribution >= 0.6 is 0 Å². The molecule has 2 rings (SSSR count). The van der Waals surface area contributed by atoms with E-state index in [4.69, 9.17) is 5.73 Å². The van der Waals surface area contributed by atoms with E-state index in [9.17, 15) is 9.18 Å². The van der Waals surface area contributed by atoms with Gasteiger partial charge in [-0.15, -0.1) is 0 Å². The molecule has 0 saturated carbocycles. The van der Waals surface area contributed by atoms with Gasteiger partial charge in [0.2, 0.25) is 0 Å². The molecular weight excluding hydrogens is 257 g/mol. The molecule has 0 spiro atoms. The summed E-state index contributed by atoms with van der Waals surface area (Å²) in [6.45, 7) is 8.51. The number of hydrogen-bond acceptors (Lipinski definition) is 2. The van der Waals surface area contributed by atoms with Crippen molar-refractivity contribution in [3.8, 4) is 5.69 Å². The van der Waals surface area contributed by atoms with Gasteiger partial charge in [-0.3, -0.25) is 9.48 Å². The number of hydrogen-bond donors (Lipinski definition) is 1. The summed E-state index contributed by atoms with van der Waals surface area (Å²) >= 11 is 0. The molecule has 0 saturated heterocycles. The lowest BCUT2D eigenvalue weighted by Crippen LogP contribution is -2.24. The van der Waals surface area contributed by atoms with Gasteiger partial charge < -0.3 is 5.73 Å². The standard InChI is InChI=1S/C15H20FN3O/c1-5-18-13(15(2,3)4)12(17)14(20)19(18)11-8-6-7-10(16)9-11/h6-9H,5,17H2,1-4H3. The van der Waals surface area contributed by atoms with Crippen LogP contribution in [0.25, 0.3) is 5.69 Å². The van der Waals surface area contributed by atoms with E-state index in [2.05, 4.69) is 0 Å². The molecule has 4 nitrogen and oxygen atoms in total. The third kappa shape index (κ3) is 2.24. The maximum absolute atomic E-state index is 13.4. The summed E-state index contributed by atoms with van der Waals surface area (Å²) in [5.41, 5.74) is 6.91. The Bertz CT molecular complexity index is 692. The van der Waals surface area contributed by atoms with Crippen molar-refractivity contribution in [2.75, 3.05) is 5.73 Å². The van der Waals surface area contributed by atoms with E-state index in [-0.39, 0.29) is 22.5 Å². The van der Waals surface area contributed by atoms with Gasteiger partial charge >= 0.3 is 0 Å². The van der Waals surface area contributed by atoms with E-state index < -0.39 is 0 Å². The first kappa shape index (κ1) is 14.4. The molecule has 0 bridgehead atoms. The van der Waals surface area contributed by atoms with Gasteiger partial charge in [0, 0.05) is 12.0 Å². The molecule has 0 aliphatic rings. The molecule has 108 valence electrons. The van der Waals surface area contributed by atoms with Crippen LogP contribution in [0, 0.1) is 5.82 Å². The molecule has 2 N–H and O–H groups in total. The van der Waals surface area contributed by atoms with Crippen molar-refractivity contribution in [3.05, 3.63) is 46.1 Å². The van der Waals surface area contributed by atoms with E-state index in [0.717, 1.165) is 5.69 Å². The van der Waals surface area contributed by atoms with Gasteiger partial charge in [-0.25, -0.2) is 9.07 Å². The summed E-state index contributed by atoms with van der Waals surface area (Å²) in [6.07, 6.45) is 0. The topological polar surface area (TPSA) is 52.9 Å². The van der Waals surface area contributed by atoms with Crippen molar-refractivity contribution < 1.29 is 4.39 Å². The summed E-state index contributed by atoms with van der Waals surface area (Å²) in [6, 6.07) is 5.96. The quantitative estimate of drug-likeness (QED) is 0.917. The van der Waals surface area contributed by atoms with Gasteiger partial charge in [0.15, 0.2) is 0 Å². The van der Waals surface area contributed by atoms with Crippen LogP contribution in [0.4, 0.5) is 10.1 Å². The number of nitrogens with zero attached hydrogens (tertiary/aromatic N) is 2. The Hall–Kier alpha value is -2.04. The zero-order valence-electron chi connectivity index (χ0n) is 12.3. The van der Waals surface area contributed by atoms with Crippen molar-refractivity contribution in [2.24, 2.45) is 0 Å². The Morgan fingerprint density at radius 2 is 1.95 bits per heavy atom. The van der Waals surface area contributed by atoms with E-state index in [0.29, 0.717) is 12.2 Å². The van der Waals surface area contributed by atoms with Crippen LogP contribution in [0.15, 0.2) is 29.1 Å². The van der Waals surface area contributed by atoms with Crippen LogP contribution in [0.5, 0.6) is 0 Å². The van der Waals surface area contributed by atoms with Crippen LogP contribution in [-0.4, -0.2) is 9.36 Å². The third-order valence-electron chi connectivity index (χ3n) is 3.24. The van der Waals surface area contributed by atoms with Gasteiger partial charge in [-0.05, 0) is 25.1 Å². The van der Waals surface area contributed by atoms with Gasteiger partial charge in [0.1, 0.15) is 11.5 Å². The van der Waals surface area contributed by atoms with Crippen molar-refractivity contribution in [3.63, 3.8) is 0 Å². The molecular formula is C15H20FN3O. The largest absolute Gasteiger partial charge is 0.393 e. The summed E-state index contributed by atoms with van der Waals surface area (Å²) < 4.78 is 16.7. The third-order valence-corrected chi connectivity index (χ3v) is 3.24. The average Bonchev–Trinajstić information content (AvgIpc) is 2.61. The molecule has 1 heterocycles. The van der Waals surface area contributed by atoms with Crippen molar-refractivity contribution in [2.45, 2.75) is 39.7 Å².